The largest absolute Gasteiger partial charge is 0.336 e. The Morgan fingerprint density at radius 1 is 1.25 bits per heavy atom. The van der Waals surface area contributed by atoms with Crippen molar-refractivity contribution in [3.63, 3.8) is 0 Å². The fraction of sp³-hybridized carbons (Fsp3) is 0.238. The zero-order valence-corrected chi connectivity index (χ0v) is 16.0. The average Bonchev–Trinajstić information content (AvgIpc) is 3.31. The Kier molecular flexibility index (Phi) is 4.65. The molecule has 3 heterocycles. The Labute approximate surface area is 162 Å². The maximum absolute atomic E-state index is 13.1. The van der Waals surface area contributed by atoms with E-state index in [-0.39, 0.29) is 11.8 Å². The van der Waals surface area contributed by atoms with Gasteiger partial charge in [-0.2, -0.15) is 5.10 Å². The van der Waals surface area contributed by atoms with Gasteiger partial charge in [0.15, 0.2) is 0 Å². The fourth-order valence-electron chi connectivity index (χ4n) is 3.12. The SMILES string of the molecule is Cc1noc2nc(C(C)C)cc(C(=O)Nc3cccc(Cn4cccn4)c3)c12. The van der Waals surface area contributed by atoms with Crippen molar-refractivity contribution in [1.82, 2.24) is 19.9 Å². The van der Waals surface area contributed by atoms with E-state index < -0.39 is 0 Å². The molecule has 4 rings (SSSR count). The van der Waals surface area contributed by atoms with Crippen LogP contribution in [-0.4, -0.2) is 25.8 Å². The molecule has 0 aliphatic heterocycles. The topological polar surface area (TPSA) is 85.8 Å². The van der Waals surface area contributed by atoms with Crippen molar-refractivity contribution >= 4 is 22.7 Å². The van der Waals surface area contributed by atoms with Gasteiger partial charge in [-0.3, -0.25) is 9.48 Å². The second-order valence-electron chi connectivity index (χ2n) is 7.06. The number of nitrogens with one attached hydrogen (secondary N) is 1. The summed E-state index contributed by atoms with van der Waals surface area (Å²) in [7, 11) is 0. The van der Waals surface area contributed by atoms with Gasteiger partial charge in [-0.15, -0.1) is 0 Å². The second-order valence-corrected chi connectivity index (χ2v) is 7.06. The molecule has 0 unspecified atom stereocenters. The summed E-state index contributed by atoms with van der Waals surface area (Å²) in [5.74, 6) is -0.0457. The first-order valence-corrected chi connectivity index (χ1v) is 9.16. The Balaban J connectivity index is 1.64. The summed E-state index contributed by atoms with van der Waals surface area (Å²) in [6.45, 7) is 6.50. The summed E-state index contributed by atoms with van der Waals surface area (Å²) in [6, 6.07) is 11.4. The molecule has 0 spiro atoms. The summed E-state index contributed by atoms with van der Waals surface area (Å²) in [5, 5.41) is 11.8. The number of nitrogens with zero attached hydrogens (tertiary/aromatic N) is 4. The van der Waals surface area contributed by atoms with Gasteiger partial charge in [-0.25, -0.2) is 4.98 Å². The van der Waals surface area contributed by atoms with E-state index in [1.807, 2.05) is 68.0 Å². The minimum Gasteiger partial charge on any atom is -0.336 e. The third kappa shape index (κ3) is 3.51. The van der Waals surface area contributed by atoms with E-state index in [0.29, 0.717) is 28.9 Å². The van der Waals surface area contributed by atoms with Gasteiger partial charge in [-0.1, -0.05) is 31.1 Å². The normalized spacial score (nSPS) is 11.3. The summed E-state index contributed by atoms with van der Waals surface area (Å²) in [6.07, 6.45) is 3.65. The van der Waals surface area contributed by atoms with Crippen LogP contribution < -0.4 is 5.32 Å². The maximum atomic E-state index is 13.1. The highest BCUT2D eigenvalue weighted by atomic mass is 16.5. The Bertz CT molecular complexity index is 1130. The summed E-state index contributed by atoms with van der Waals surface area (Å²) in [5.41, 5.74) is 4.12. The molecule has 0 saturated carbocycles. The molecule has 1 N–H and O–H groups in total. The van der Waals surface area contributed by atoms with E-state index in [1.165, 1.54) is 0 Å². The molecule has 0 fully saturated rings. The molecule has 1 amide bonds. The molecule has 142 valence electrons. The molecule has 1 aromatic carbocycles. The van der Waals surface area contributed by atoms with Gasteiger partial charge in [0.25, 0.3) is 11.6 Å². The molecule has 0 bridgehead atoms. The van der Waals surface area contributed by atoms with Crippen LogP contribution in [0.5, 0.6) is 0 Å². The first kappa shape index (κ1) is 17.9. The van der Waals surface area contributed by atoms with Crippen LogP contribution in [0.1, 0.15) is 47.1 Å². The van der Waals surface area contributed by atoms with Crippen molar-refractivity contribution in [2.24, 2.45) is 0 Å². The molecule has 0 aliphatic rings. The number of aryl methyl sites for hydroxylation is 1. The summed E-state index contributed by atoms with van der Waals surface area (Å²) < 4.78 is 7.14. The van der Waals surface area contributed by atoms with Crippen molar-refractivity contribution in [3.05, 3.63) is 71.3 Å². The van der Waals surface area contributed by atoms with Crippen LogP contribution in [0.3, 0.4) is 0 Å². The van der Waals surface area contributed by atoms with Gasteiger partial charge in [-0.05, 0) is 42.7 Å². The van der Waals surface area contributed by atoms with E-state index in [1.54, 1.807) is 6.20 Å². The van der Waals surface area contributed by atoms with Crippen LogP contribution >= 0.6 is 0 Å². The molecule has 4 aromatic rings. The van der Waals surface area contributed by atoms with Crippen LogP contribution in [0.4, 0.5) is 5.69 Å². The third-order valence-electron chi connectivity index (χ3n) is 4.56. The van der Waals surface area contributed by atoms with Crippen LogP contribution in [0.25, 0.3) is 11.1 Å². The van der Waals surface area contributed by atoms with Crippen LogP contribution in [0.15, 0.2) is 53.3 Å². The average molecular weight is 375 g/mol. The molecule has 3 aromatic heterocycles. The molecule has 28 heavy (non-hydrogen) atoms. The van der Waals surface area contributed by atoms with Gasteiger partial charge in [0.05, 0.1) is 23.2 Å². The Morgan fingerprint density at radius 2 is 2.11 bits per heavy atom. The zero-order chi connectivity index (χ0) is 19.7. The number of hydrogen-bond acceptors (Lipinski definition) is 5. The van der Waals surface area contributed by atoms with Gasteiger partial charge in [0.1, 0.15) is 0 Å². The summed E-state index contributed by atoms with van der Waals surface area (Å²) in [4.78, 5) is 17.5. The maximum Gasteiger partial charge on any atom is 0.259 e. The van der Waals surface area contributed by atoms with Crippen molar-refractivity contribution < 1.29 is 9.32 Å². The molecule has 0 saturated heterocycles. The van der Waals surface area contributed by atoms with E-state index in [2.05, 4.69) is 20.6 Å². The Morgan fingerprint density at radius 3 is 2.86 bits per heavy atom. The number of fused-ring (bicyclic) bond motifs is 1. The molecular weight excluding hydrogens is 354 g/mol. The second kappa shape index (κ2) is 7.26. The van der Waals surface area contributed by atoms with Crippen LogP contribution in [-0.2, 0) is 6.54 Å². The van der Waals surface area contributed by atoms with Gasteiger partial charge >= 0.3 is 0 Å². The lowest BCUT2D eigenvalue weighted by Crippen LogP contribution is -2.14. The molecule has 7 nitrogen and oxygen atoms in total. The number of anilines is 1. The van der Waals surface area contributed by atoms with E-state index in [9.17, 15) is 4.79 Å². The lowest BCUT2D eigenvalue weighted by molar-refractivity contribution is 0.102. The van der Waals surface area contributed by atoms with Crippen molar-refractivity contribution in [2.45, 2.75) is 33.2 Å². The molecule has 0 aliphatic carbocycles. The van der Waals surface area contributed by atoms with Gasteiger partial charge in [0.2, 0.25) is 0 Å². The van der Waals surface area contributed by atoms with Gasteiger partial charge < -0.3 is 9.84 Å². The molecular formula is C21H21N5O2. The number of carbonyl (C=O) groups excluding carboxylic acids is 1. The Hall–Kier alpha value is -3.48. The molecule has 0 radical (unpaired) electrons. The molecule has 7 heteroatoms. The highest BCUT2D eigenvalue weighted by molar-refractivity contribution is 6.12. The monoisotopic (exact) mass is 375 g/mol. The lowest BCUT2D eigenvalue weighted by Gasteiger charge is -2.11. The van der Waals surface area contributed by atoms with Crippen molar-refractivity contribution in [1.29, 1.82) is 0 Å². The minimum absolute atomic E-state index is 0.166. The number of hydrogen-bond donors (Lipinski definition) is 1. The number of amides is 1. The first-order valence-electron chi connectivity index (χ1n) is 9.16. The van der Waals surface area contributed by atoms with E-state index in [4.69, 9.17) is 4.52 Å². The minimum atomic E-state index is -0.211. The number of rotatable bonds is 5. The lowest BCUT2D eigenvalue weighted by atomic mass is 10.0. The third-order valence-corrected chi connectivity index (χ3v) is 4.56. The standard InChI is InChI=1S/C21H21N5O2/c1-13(2)18-11-17(19-14(3)25-28-21(19)24-18)20(27)23-16-7-4-6-15(10-16)12-26-9-5-8-22-26/h4-11,13H,12H2,1-3H3,(H,23,27). The van der Waals surface area contributed by atoms with E-state index in [0.717, 1.165) is 16.9 Å². The zero-order valence-electron chi connectivity index (χ0n) is 16.0. The number of aromatic nitrogens is 4. The fourth-order valence-corrected chi connectivity index (χ4v) is 3.12. The smallest absolute Gasteiger partial charge is 0.259 e. The number of benzene rings is 1. The van der Waals surface area contributed by atoms with Gasteiger partial charge in [0, 0.05) is 23.8 Å². The van der Waals surface area contributed by atoms with E-state index >= 15 is 0 Å². The quantitative estimate of drug-likeness (QED) is 0.566. The highest BCUT2D eigenvalue weighted by Gasteiger charge is 2.20. The summed E-state index contributed by atoms with van der Waals surface area (Å²) >= 11 is 0. The van der Waals surface area contributed by atoms with Crippen LogP contribution in [0.2, 0.25) is 0 Å². The number of pyridine rings is 1. The predicted octanol–water partition coefficient (Wildman–Crippen LogP) is 4.15. The van der Waals surface area contributed by atoms with Crippen molar-refractivity contribution in [2.75, 3.05) is 5.32 Å². The molecule has 0 atom stereocenters. The highest BCUT2D eigenvalue weighted by Crippen LogP contribution is 2.26. The number of carbonyl (C=O) groups is 1. The van der Waals surface area contributed by atoms with Crippen LogP contribution in [0, 0.1) is 6.92 Å². The first-order chi connectivity index (χ1) is 13.5. The van der Waals surface area contributed by atoms with Crippen molar-refractivity contribution in [3.8, 4) is 0 Å². The predicted molar refractivity (Wildman–Crippen MR) is 106 cm³/mol.